The van der Waals surface area contributed by atoms with Gasteiger partial charge in [0.05, 0.1) is 17.3 Å². The minimum absolute atomic E-state index is 0.0266. The third-order valence-electron chi connectivity index (χ3n) is 4.25. The van der Waals surface area contributed by atoms with Gasteiger partial charge in [0, 0.05) is 39.1 Å². The van der Waals surface area contributed by atoms with Gasteiger partial charge in [0.1, 0.15) is 5.60 Å². The van der Waals surface area contributed by atoms with E-state index in [0.717, 1.165) is 0 Å². The molecule has 8 nitrogen and oxygen atoms in total. The molecule has 2 rings (SSSR count). The Hall–Kier alpha value is -2.32. The van der Waals surface area contributed by atoms with E-state index in [-0.39, 0.29) is 31.3 Å². The number of amides is 3. The summed E-state index contributed by atoms with van der Waals surface area (Å²) in [5.41, 5.74) is 0.0215. The van der Waals surface area contributed by atoms with Gasteiger partial charge in [-0.2, -0.15) is 0 Å². The van der Waals surface area contributed by atoms with Gasteiger partial charge in [-0.3, -0.25) is 14.5 Å². The predicted octanol–water partition coefficient (Wildman–Crippen LogP) is 2.34. The van der Waals surface area contributed by atoms with Gasteiger partial charge in [0.15, 0.2) is 0 Å². The quantitative estimate of drug-likeness (QED) is 0.731. The Kier molecular flexibility index (Phi) is 8.28. The van der Waals surface area contributed by atoms with Crippen molar-refractivity contribution in [1.29, 1.82) is 0 Å². The highest BCUT2D eigenvalue weighted by atomic mass is 35.5. The van der Waals surface area contributed by atoms with Gasteiger partial charge in [-0.15, -0.1) is 0 Å². The van der Waals surface area contributed by atoms with Crippen LogP contribution in [0.15, 0.2) is 24.3 Å². The van der Waals surface area contributed by atoms with Crippen molar-refractivity contribution < 1.29 is 19.1 Å². The summed E-state index contributed by atoms with van der Waals surface area (Å²) in [6, 6.07) is 7.09. The average Bonchev–Trinajstić information content (AvgIpc) is 2.62. The van der Waals surface area contributed by atoms with Crippen LogP contribution in [0, 0.1) is 0 Å². The fourth-order valence-corrected chi connectivity index (χ4v) is 3.04. The Morgan fingerprint density at radius 1 is 1.10 bits per heavy atom. The lowest BCUT2D eigenvalue weighted by Gasteiger charge is -2.34. The molecule has 0 saturated carbocycles. The molecule has 0 bridgehead atoms. The summed E-state index contributed by atoms with van der Waals surface area (Å²) in [5, 5.41) is 5.89. The van der Waals surface area contributed by atoms with E-state index in [1.165, 1.54) is 0 Å². The summed E-state index contributed by atoms with van der Waals surface area (Å²) < 4.78 is 5.14. The highest BCUT2D eigenvalue weighted by Crippen LogP contribution is 2.20. The second-order valence-electron chi connectivity index (χ2n) is 7.86. The number of nitrogens with one attached hydrogen (secondary N) is 2. The van der Waals surface area contributed by atoms with E-state index in [0.29, 0.717) is 36.9 Å². The molecule has 1 aromatic carbocycles. The number of hydrogen-bond donors (Lipinski definition) is 2. The molecular formula is C20H29ClN4O4. The van der Waals surface area contributed by atoms with Gasteiger partial charge in [-0.05, 0) is 32.9 Å². The third kappa shape index (κ3) is 8.29. The SMILES string of the molecule is CC(C)(C)OC(=O)NCCC(=O)N1CCN(CC(=O)Nc2ccccc2Cl)CC1. The molecule has 3 amide bonds. The van der Waals surface area contributed by atoms with E-state index in [2.05, 4.69) is 10.6 Å². The number of carbonyl (C=O) groups excluding carboxylic acids is 3. The Balaban J connectivity index is 1.66. The molecule has 0 unspecified atom stereocenters. The van der Waals surface area contributed by atoms with Crippen LogP contribution in [-0.2, 0) is 14.3 Å². The van der Waals surface area contributed by atoms with Gasteiger partial charge in [0.25, 0.3) is 0 Å². The maximum Gasteiger partial charge on any atom is 0.407 e. The average molecular weight is 425 g/mol. The lowest BCUT2D eigenvalue weighted by Crippen LogP contribution is -2.50. The van der Waals surface area contributed by atoms with Crippen molar-refractivity contribution in [3.63, 3.8) is 0 Å². The summed E-state index contributed by atoms with van der Waals surface area (Å²) in [5.74, 6) is -0.166. The van der Waals surface area contributed by atoms with E-state index in [1.54, 1.807) is 43.9 Å². The van der Waals surface area contributed by atoms with Crippen molar-refractivity contribution in [2.45, 2.75) is 32.8 Å². The molecule has 0 aromatic heterocycles. The second-order valence-corrected chi connectivity index (χ2v) is 8.27. The molecule has 1 saturated heterocycles. The number of carbonyl (C=O) groups is 3. The molecule has 1 fully saturated rings. The number of anilines is 1. The van der Waals surface area contributed by atoms with Gasteiger partial charge >= 0.3 is 6.09 Å². The predicted molar refractivity (Wildman–Crippen MR) is 112 cm³/mol. The van der Waals surface area contributed by atoms with Crippen molar-refractivity contribution >= 4 is 35.2 Å². The van der Waals surface area contributed by atoms with Crippen LogP contribution in [0.5, 0.6) is 0 Å². The van der Waals surface area contributed by atoms with Crippen LogP contribution in [0.4, 0.5) is 10.5 Å². The van der Waals surface area contributed by atoms with Crippen molar-refractivity contribution in [2.24, 2.45) is 0 Å². The van der Waals surface area contributed by atoms with Gasteiger partial charge < -0.3 is 20.3 Å². The smallest absolute Gasteiger partial charge is 0.407 e. The first-order chi connectivity index (χ1) is 13.6. The van der Waals surface area contributed by atoms with Crippen molar-refractivity contribution in [1.82, 2.24) is 15.1 Å². The molecule has 0 aliphatic carbocycles. The summed E-state index contributed by atoms with van der Waals surface area (Å²) in [7, 11) is 0. The zero-order valence-electron chi connectivity index (χ0n) is 17.2. The van der Waals surface area contributed by atoms with Crippen LogP contribution in [0.3, 0.4) is 0 Å². The maximum absolute atomic E-state index is 12.3. The summed E-state index contributed by atoms with van der Waals surface area (Å²) >= 11 is 6.05. The lowest BCUT2D eigenvalue weighted by molar-refractivity contribution is -0.132. The van der Waals surface area contributed by atoms with Crippen LogP contribution in [0.1, 0.15) is 27.2 Å². The number of nitrogens with zero attached hydrogens (tertiary/aromatic N) is 2. The topological polar surface area (TPSA) is 91.0 Å². The first kappa shape index (κ1) is 23.0. The van der Waals surface area contributed by atoms with Crippen molar-refractivity contribution in [2.75, 3.05) is 44.6 Å². The van der Waals surface area contributed by atoms with Gasteiger partial charge in [-0.1, -0.05) is 23.7 Å². The summed E-state index contributed by atoms with van der Waals surface area (Å²) in [6.07, 6.45) is -0.314. The van der Waals surface area contributed by atoms with Crippen LogP contribution in [-0.4, -0.2) is 72.6 Å². The first-order valence-electron chi connectivity index (χ1n) is 9.65. The Bertz CT molecular complexity index is 727. The van der Waals surface area contributed by atoms with Gasteiger partial charge in [-0.25, -0.2) is 4.79 Å². The number of rotatable bonds is 6. The Morgan fingerprint density at radius 3 is 2.38 bits per heavy atom. The summed E-state index contributed by atoms with van der Waals surface area (Å²) in [4.78, 5) is 39.8. The fourth-order valence-electron chi connectivity index (χ4n) is 2.85. The van der Waals surface area contributed by atoms with E-state index in [1.807, 2.05) is 11.0 Å². The van der Waals surface area contributed by atoms with E-state index >= 15 is 0 Å². The molecule has 0 atom stereocenters. The van der Waals surface area contributed by atoms with Crippen LogP contribution in [0.25, 0.3) is 0 Å². The van der Waals surface area contributed by atoms with Crippen LogP contribution in [0.2, 0.25) is 5.02 Å². The maximum atomic E-state index is 12.3. The standard InChI is InChI=1S/C20H29ClN4O4/c1-20(2,3)29-19(28)22-9-8-18(27)25-12-10-24(11-13-25)14-17(26)23-16-7-5-4-6-15(16)21/h4-7H,8-14H2,1-3H3,(H,22,28)(H,23,26). The minimum Gasteiger partial charge on any atom is -0.444 e. The van der Waals surface area contributed by atoms with Crippen LogP contribution >= 0.6 is 11.6 Å². The highest BCUT2D eigenvalue weighted by Gasteiger charge is 2.23. The molecule has 9 heteroatoms. The van der Waals surface area contributed by atoms with E-state index < -0.39 is 11.7 Å². The zero-order valence-corrected chi connectivity index (χ0v) is 17.9. The minimum atomic E-state index is -0.567. The number of benzene rings is 1. The Labute approximate surface area is 176 Å². The molecule has 1 heterocycles. The highest BCUT2D eigenvalue weighted by molar-refractivity contribution is 6.33. The molecule has 29 heavy (non-hydrogen) atoms. The second kappa shape index (κ2) is 10.5. The zero-order chi connectivity index (χ0) is 21.4. The molecular weight excluding hydrogens is 396 g/mol. The largest absolute Gasteiger partial charge is 0.444 e. The fraction of sp³-hybridized carbons (Fsp3) is 0.550. The molecule has 2 N–H and O–H groups in total. The van der Waals surface area contributed by atoms with E-state index in [4.69, 9.17) is 16.3 Å². The molecule has 160 valence electrons. The third-order valence-corrected chi connectivity index (χ3v) is 4.58. The summed E-state index contributed by atoms with van der Waals surface area (Å²) in [6.45, 7) is 8.14. The number of para-hydroxylation sites is 1. The number of hydrogen-bond acceptors (Lipinski definition) is 5. The number of ether oxygens (including phenoxy) is 1. The number of halogens is 1. The normalized spacial score (nSPS) is 15.0. The van der Waals surface area contributed by atoms with Crippen LogP contribution < -0.4 is 10.6 Å². The molecule has 0 spiro atoms. The van der Waals surface area contributed by atoms with Crippen molar-refractivity contribution in [3.05, 3.63) is 29.3 Å². The van der Waals surface area contributed by atoms with E-state index in [9.17, 15) is 14.4 Å². The monoisotopic (exact) mass is 424 g/mol. The number of piperazine rings is 1. The first-order valence-corrected chi connectivity index (χ1v) is 10.0. The van der Waals surface area contributed by atoms with Crippen molar-refractivity contribution in [3.8, 4) is 0 Å². The molecule has 0 radical (unpaired) electrons. The lowest BCUT2D eigenvalue weighted by atomic mass is 10.2. The van der Waals surface area contributed by atoms with Gasteiger partial charge in [0.2, 0.25) is 11.8 Å². The number of alkyl carbamates (subject to hydrolysis) is 1. The molecule has 1 aromatic rings. The Morgan fingerprint density at radius 2 is 1.76 bits per heavy atom. The molecule has 1 aliphatic rings. The molecule has 1 aliphatic heterocycles.